The van der Waals surface area contributed by atoms with E-state index in [1.807, 2.05) is 0 Å². The maximum absolute atomic E-state index is 12.5. The molecule has 2 nitrogen and oxygen atoms in total. The second-order valence-corrected chi connectivity index (χ2v) is 6.86. The van der Waals surface area contributed by atoms with Crippen LogP contribution in [0.5, 0.6) is 0 Å². The Hall–Kier alpha value is -0.830. The normalized spacial score (nSPS) is 21.0. The summed E-state index contributed by atoms with van der Waals surface area (Å²) in [6.45, 7) is 4.29. The Kier molecular flexibility index (Phi) is 5.64. The van der Waals surface area contributed by atoms with Gasteiger partial charge in [-0.25, -0.2) is 0 Å². The largest absolute Gasteiger partial charge is 0.348 e. The molecular formula is C17H24BrNO. The Morgan fingerprint density at radius 1 is 1.30 bits per heavy atom. The van der Waals surface area contributed by atoms with Gasteiger partial charge in [-0.15, -0.1) is 0 Å². The fraction of sp³-hybridized carbons (Fsp3) is 0.588. The lowest BCUT2D eigenvalue weighted by Gasteiger charge is -2.22. The predicted octanol–water partition coefficient (Wildman–Crippen LogP) is 4.38. The van der Waals surface area contributed by atoms with E-state index >= 15 is 0 Å². The van der Waals surface area contributed by atoms with Crippen molar-refractivity contribution in [2.24, 2.45) is 5.92 Å². The van der Waals surface area contributed by atoms with Crippen molar-refractivity contribution in [3.05, 3.63) is 35.4 Å². The summed E-state index contributed by atoms with van der Waals surface area (Å²) in [6, 6.07) is 8.54. The minimum atomic E-state index is 0.120. The van der Waals surface area contributed by atoms with Crippen molar-refractivity contribution in [2.75, 3.05) is 0 Å². The fourth-order valence-corrected chi connectivity index (χ4v) is 3.85. The molecule has 0 aromatic heterocycles. The molecule has 1 aromatic rings. The first-order valence-corrected chi connectivity index (χ1v) is 8.61. The Labute approximate surface area is 130 Å². The number of halogens is 1. The van der Waals surface area contributed by atoms with E-state index in [2.05, 4.69) is 59.4 Å². The highest BCUT2D eigenvalue weighted by Crippen LogP contribution is 2.36. The smallest absolute Gasteiger partial charge is 0.223 e. The van der Waals surface area contributed by atoms with Crippen molar-refractivity contribution in [3.8, 4) is 0 Å². The second kappa shape index (κ2) is 7.26. The van der Waals surface area contributed by atoms with E-state index in [4.69, 9.17) is 0 Å². The number of hydrogen-bond acceptors (Lipinski definition) is 1. The monoisotopic (exact) mass is 337 g/mol. The Morgan fingerprint density at radius 3 is 2.60 bits per heavy atom. The lowest BCUT2D eigenvalue weighted by molar-refractivity contribution is -0.126. The number of hydrogen-bond donors (Lipinski definition) is 1. The van der Waals surface area contributed by atoms with E-state index < -0.39 is 0 Å². The fourth-order valence-electron chi connectivity index (χ4n) is 3.09. The molecule has 1 aromatic carbocycles. The van der Waals surface area contributed by atoms with Gasteiger partial charge in [0.25, 0.3) is 0 Å². The summed E-state index contributed by atoms with van der Waals surface area (Å²) < 4.78 is 0. The third kappa shape index (κ3) is 3.43. The van der Waals surface area contributed by atoms with Crippen molar-refractivity contribution in [1.29, 1.82) is 0 Å². The van der Waals surface area contributed by atoms with Crippen LogP contribution in [0, 0.1) is 5.92 Å². The van der Waals surface area contributed by atoms with Gasteiger partial charge < -0.3 is 5.32 Å². The van der Waals surface area contributed by atoms with Crippen molar-refractivity contribution >= 4 is 21.8 Å². The maximum atomic E-state index is 12.5. The molecular weight excluding hydrogens is 314 g/mol. The first kappa shape index (κ1) is 15.6. The molecule has 0 spiro atoms. The Bertz CT molecular complexity index is 454. The lowest BCUT2D eigenvalue weighted by Crippen LogP contribution is -2.36. The summed E-state index contributed by atoms with van der Waals surface area (Å²) in [5.41, 5.74) is 2.62. The van der Waals surface area contributed by atoms with Gasteiger partial charge in [0.2, 0.25) is 5.91 Å². The third-order valence-corrected chi connectivity index (χ3v) is 4.96. The average Bonchev–Trinajstić information content (AvgIpc) is 2.75. The number of alkyl halides is 1. The molecule has 0 radical (unpaired) electrons. The molecule has 1 N–H and O–H groups in total. The SMILES string of the molecule is CCCC(CCC)C(=O)NC1c2ccccc2CC1Br. The third-order valence-electron chi connectivity index (χ3n) is 4.11. The standard InChI is InChI=1S/C17H24BrNO/c1-3-7-12(8-4-2)17(20)19-16-14-10-6-5-9-13(14)11-15(16)18/h5-6,9-10,12,15-16H,3-4,7-8,11H2,1-2H3,(H,19,20). The number of carbonyl (C=O) groups excluding carboxylic acids is 1. The highest BCUT2D eigenvalue weighted by molar-refractivity contribution is 9.09. The number of rotatable bonds is 6. The molecule has 2 unspecified atom stereocenters. The number of amides is 1. The summed E-state index contributed by atoms with van der Waals surface area (Å²) in [5, 5.41) is 3.27. The van der Waals surface area contributed by atoms with Crippen LogP contribution in [0.15, 0.2) is 24.3 Å². The van der Waals surface area contributed by atoms with E-state index in [1.165, 1.54) is 11.1 Å². The van der Waals surface area contributed by atoms with Crippen LogP contribution in [0.25, 0.3) is 0 Å². The van der Waals surface area contributed by atoms with Crippen LogP contribution in [0.1, 0.15) is 56.7 Å². The zero-order chi connectivity index (χ0) is 14.5. The first-order valence-electron chi connectivity index (χ1n) is 7.69. The van der Waals surface area contributed by atoms with Gasteiger partial charge >= 0.3 is 0 Å². The van der Waals surface area contributed by atoms with E-state index in [-0.39, 0.29) is 17.9 Å². The minimum absolute atomic E-state index is 0.120. The van der Waals surface area contributed by atoms with E-state index in [0.29, 0.717) is 4.83 Å². The van der Waals surface area contributed by atoms with Gasteiger partial charge in [-0.3, -0.25) is 4.79 Å². The van der Waals surface area contributed by atoms with Gasteiger partial charge in [0, 0.05) is 10.7 Å². The molecule has 2 rings (SSSR count). The molecule has 1 amide bonds. The van der Waals surface area contributed by atoms with Gasteiger partial charge in [-0.05, 0) is 30.4 Å². The van der Waals surface area contributed by atoms with Crippen LogP contribution >= 0.6 is 15.9 Å². The summed E-state index contributed by atoms with van der Waals surface area (Å²) in [5.74, 6) is 0.386. The number of benzene rings is 1. The minimum Gasteiger partial charge on any atom is -0.348 e. The second-order valence-electron chi connectivity index (χ2n) is 5.68. The van der Waals surface area contributed by atoms with Gasteiger partial charge in [0.1, 0.15) is 0 Å². The molecule has 0 bridgehead atoms. The molecule has 2 atom stereocenters. The van der Waals surface area contributed by atoms with Gasteiger partial charge in [0.15, 0.2) is 0 Å². The van der Waals surface area contributed by atoms with E-state index in [1.54, 1.807) is 0 Å². The molecule has 20 heavy (non-hydrogen) atoms. The van der Waals surface area contributed by atoms with E-state index in [0.717, 1.165) is 32.1 Å². The summed E-state index contributed by atoms with van der Waals surface area (Å²) in [6.07, 6.45) is 5.10. The first-order chi connectivity index (χ1) is 9.67. The molecule has 1 aliphatic carbocycles. The number of fused-ring (bicyclic) bond motifs is 1. The molecule has 110 valence electrons. The Morgan fingerprint density at radius 2 is 1.95 bits per heavy atom. The zero-order valence-electron chi connectivity index (χ0n) is 12.4. The van der Waals surface area contributed by atoms with Crippen molar-refractivity contribution in [3.63, 3.8) is 0 Å². The summed E-state index contributed by atoms with van der Waals surface area (Å²) in [4.78, 5) is 12.8. The van der Waals surface area contributed by atoms with E-state index in [9.17, 15) is 4.79 Å². The van der Waals surface area contributed by atoms with Crippen LogP contribution in [-0.2, 0) is 11.2 Å². The topological polar surface area (TPSA) is 29.1 Å². The van der Waals surface area contributed by atoms with Crippen LogP contribution in [0.4, 0.5) is 0 Å². The molecule has 1 aliphatic rings. The zero-order valence-corrected chi connectivity index (χ0v) is 13.9. The molecule has 0 heterocycles. The quantitative estimate of drug-likeness (QED) is 0.766. The van der Waals surface area contributed by atoms with Gasteiger partial charge in [-0.1, -0.05) is 66.9 Å². The van der Waals surface area contributed by atoms with Crippen LogP contribution in [0.3, 0.4) is 0 Å². The van der Waals surface area contributed by atoms with Crippen LogP contribution < -0.4 is 5.32 Å². The Balaban J connectivity index is 2.07. The maximum Gasteiger partial charge on any atom is 0.223 e. The molecule has 0 aliphatic heterocycles. The average molecular weight is 338 g/mol. The highest BCUT2D eigenvalue weighted by atomic mass is 79.9. The van der Waals surface area contributed by atoms with Crippen LogP contribution in [0.2, 0.25) is 0 Å². The number of carbonyl (C=O) groups is 1. The summed E-state index contributed by atoms with van der Waals surface area (Å²) in [7, 11) is 0. The molecule has 0 saturated carbocycles. The van der Waals surface area contributed by atoms with Crippen molar-refractivity contribution in [2.45, 2.75) is 56.8 Å². The molecule has 0 fully saturated rings. The lowest BCUT2D eigenvalue weighted by atomic mass is 9.96. The molecule has 0 saturated heterocycles. The summed E-state index contributed by atoms with van der Waals surface area (Å²) >= 11 is 3.73. The van der Waals surface area contributed by atoms with Crippen molar-refractivity contribution < 1.29 is 4.79 Å². The van der Waals surface area contributed by atoms with Gasteiger partial charge in [-0.2, -0.15) is 0 Å². The number of nitrogens with one attached hydrogen (secondary N) is 1. The predicted molar refractivity (Wildman–Crippen MR) is 87.1 cm³/mol. The molecule has 3 heteroatoms. The van der Waals surface area contributed by atoms with Gasteiger partial charge in [0.05, 0.1) is 6.04 Å². The van der Waals surface area contributed by atoms with Crippen LogP contribution in [-0.4, -0.2) is 10.7 Å². The highest BCUT2D eigenvalue weighted by Gasteiger charge is 2.32. The van der Waals surface area contributed by atoms with Crippen molar-refractivity contribution in [1.82, 2.24) is 5.32 Å².